The number of hydrogen-bond donors (Lipinski definition) is 1. The Bertz CT molecular complexity index is 1060. The maximum atomic E-state index is 13.1. The average molecular weight is 408 g/mol. The van der Waals surface area contributed by atoms with Crippen molar-refractivity contribution < 1.29 is 22.0 Å². The summed E-state index contributed by atoms with van der Waals surface area (Å²) in [6.45, 7) is 0. The number of hydrogen-bond acceptors (Lipinski definition) is 4. The van der Waals surface area contributed by atoms with Crippen LogP contribution in [0.1, 0.15) is 9.67 Å². The lowest BCUT2D eigenvalue weighted by Crippen LogP contribution is -2.28. The van der Waals surface area contributed by atoms with Crippen molar-refractivity contribution in [3.05, 3.63) is 76.5 Å². The molecule has 0 unspecified atom stereocenters. The fourth-order valence-corrected chi connectivity index (χ4v) is 4.81. The number of benzene rings is 2. The summed E-state index contributed by atoms with van der Waals surface area (Å²) >= 11 is 0.970. The van der Waals surface area contributed by atoms with Gasteiger partial charge in [-0.1, -0.05) is 0 Å². The highest BCUT2D eigenvalue weighted by Gasteiger charge is 2.28. The molecule has 1 N–H and O–H groups in total. The van der Waals surface area contributed by atoms with Gasteiger partial charge in [-0.15, -0.1) is 11.3 Å². The quantitative estimate of drug-likeness (QED) is 0.691. The summed E-state index contributed by atoms with van der Waals surface area (Å²) < 4.78 is 52.8. The highest BCUT2D eigenvalue weighted by molar-refractivity contribution is 7.93. The van der Waals surface area contributed by atoms with Gasteiger partial charge in [0.25, 0.3) is 15.9 Å². The van der Waals surface area contributed by atoms with Gasteiger partial charge >= 0.3 is 0 Å². The largest absolute Gasteiger partial charge is 0.321 e. The molecule has 0 atom stereocenters. The van der Waals surface area contributed by atoms with Gasteiger partial charge in [-0.3, -0.25) is 9.10 Å². The Kier molecular flexibility index (Phi) is 5.24. The third-order valence-corrected chi connectivity index (χ3v) is 6.64. The van der Waals surface area contributed by atoms with E-state index in [1.807, 2.05) is 0 Å². The van der Waals surface area contributed by atoms with E-state index in [0.29, 0.717) is 5.69 Å². The molecule has 0 aliphatic carbocycles. The molecule has 0 aliphatic heterocycles. The fraction of sp³-hybridized carbons (Fsp3) is 0.0556. The van der Waals surface area contributed by atoms with E-state index in [2.05, 4.69) is 5.32 Å². The molecule has 140 valence electrons. The first-order valence-electron chi connectivity index (χ1n) is 7.68. The van der Waals surface area contributed by atoms with E-state index in [1.54, 1.807) is 0 Å². The van der Waals surface area contributed by atoms with Crippen LogP contribution in [0.3, 0.4) is 0 Å². The summed E-state index contributed by atoms with van der Waals surface area (Å²) in [7, 11) is -2.71. The Morgan fingerprint density at radius 2 is 1.52 bits per heavy atom. The number of amides is 1. The van der Waals surface area contributed by atoms with Crippen LogP contribution in [0.4, 0.5) is 20.2 Å². The summed E-state index contributed by atoms with van der Waals surface area (Å²) in [5.41, 5.74) is 0.595. The van der Waals surface area contributed by atoms with Crippen LogP contribution in [0.15, 0.2) is 64.9 Å². The van der Waals surface area contributed by atoms with Crippen molar-refractivity contribution in [1.82, 2.24) is 0 Å². The van der Waals surface area contributed by atoms with Gasteiger partial charge in [0.15, 0.2) is 0 Å². The van der Waals surface area contributed by atoms with E-state index >= 15 is 0 Å². The predicted molar refractivity (Wildman–Crippen MR) is 101 cm³/mol. The van der Waals surface area contributed by atoms with Gasteiger partial charge in [0.1, 0.15) is 21.4 Å². The Morgan fingerprint density at radius 3 is 2.11 bits per heavy atom. The summed E-state index contributed by atoms with van der Waals surface area (Å²) in [6, 6.07) is 11.4. The van der Waals surface area contributed by atoms with E-state index in [0.717, 1.165) is 27.8 Å². The van der Waals surface area contributed by atoms with E-state index in [9.17, 15) is 22.0 Å². The second kappa shape index (κ2) is 7.45. The molecule has 2 aromatic carbocycles. The zero-order valence-electron chi connectivity index (χ0n) is 14.0. The molecule has 5 nitrogen and oxygen atoms in total. The van der Waals surface area contributed by atoms with Crippen LogP contribution in [0, 0.1) is 11.6 Å². The third-order valence-electron chi connectivity index (χ3n) is 3.77. The van der Waals surface area contributed by atoms with Crippen LogP contribution < -0.4 is 9.62 Å². The number of carbonyl (C=O) groups is 1. The minimum Gasteiger partial charge on any atom is -0.321 e. The molecular weight excluding hydrogens is 394 g/mol. The molecule has 0 fully saturated rings. The Hall–Kier alpha value is -2.78. The van der Waals surface area contributed by atoms with E-state index in [1.165, 1.54) is 54.9 Å². The fourth-order valence-electron chi connectivity index (χ4n) is 2.32. The lowest BCUT2D eigenvalue weighted by Gasteiger charge is -2.19. The molecular formula is C18H14F2N2O3S2. The number of halogens is 2. The minimum absolute atomic E-state index is 0.00622. The van der Waals surface area contributed by atoms with Crippen LogP contribution in [0.25, 0.3) is 0 Å². The highest BCUT2D eigenvalue weighted by Crippen LogP contribution is 2.28. The summed E-state index contributed by atoms with van der Waals surface area (Å²) in [5, 5.41) is 4.03. The smallest absolute Gasteiger partial charge is 0.267 e. The van der Waals surface area contributed by atoms with Crippen LogP contribution in [0.2, 0.25) is 0 Å². The normalized spacial score (nSPS) is 11.2. The predicted octanol–water partition coefficient (Wildman–Crippen LogP) is 4.10. The number of rotatable bonds is 5. The molecule has 0 saturated heterocycles. The average Bonchev–Trinajstić information content (AvgIpc) is 3.14. The van der Waals surface area contributed by atoms with Crippen molar-refractivity contribution in [2.45, 2.75) is 4.90 Å². The highest BCUT2D eigenvalue weighted by atomic mass is 32.2. The molecule has 3 rings (SSSR count). The van der Waals surface area contributed by atoms with Crippen molar-refractivity contribution in [3.8, 4) is 0 Å². The standard InChI is InChI=1S/C18H14F2N2O3S2/c1-22(15-8-4-13(20)5-9-15)27(24,25)16-10-11-26-17(16)18(23)21-14-6-2-12(19)3-7-14/h2-11H,1H3,(H,21,23). The Morgan fingerprint density at radius 1 is 0.963 bits per heavy atom. The van der Waals surface area contributed by atoms with Gasteiger partial charge in [-0.2, -0.15) is 0 Å². The first-order chi connectivity index (χ1) is 12.8. The number of thiophene rings is 1. The maximum absolute atomic E-state index is 13.1. The number of carbonyl (C=O) groups excluding carboxylic acids is 1. The molecule has 0 bridgehead atoms. The topological polar surface area (TPSA) is 66.5 Å². The molecule has 9 heteroatoms. The van der Waals surface area contributed by atoms with Crippen LogP contribution in [0.5, 0.6) is 0 Å². The van der Waals surface area contributed by atoms with E-state index < -0.39 is 27.6 Å². The van der Waals surface area contributed by atoms with Crippen molar-refractivity contribution >= 4 is 38.6 Å². The maximum Gasteiger partial charge on any atom is 0.267 e. The Labute approximate surface area is 158 Å². The number of nitrogens with one attached hydrogen (secondary N) is 1. The lowest BCUT2D eigenvalue weighted by molar-refractivity contribution is 0.102. The molecule has 0 spiro atoms. The van der Waals surface area contributed by atoms with Crippen molar-refractivity contribution in [1.29, 1.82) is 0 Å². The molecule has 1 amide bonds. The third kappa shape index (κ3) is 3.99. The van der Waals surface area contributed by atoms with Gasteiger partial charge < -0.3 is 5.32 Å². The van der Waals surface area contributed by atoms with E-state index in [4.69, 9.17) is 0 Å². The zero-order chi connectivity index (χ0) is 19.6. The first kappa shape index (κ1) is 19.0. The van der Waals surface area contributed by atoms with Crippen molar-refractivity contribution in [2.75, 3.05) is 16.7 Å². The second-order valence-electron chi connectivity index (χ2n) is 5.52. The van der Waals surface area contributed by atoms with E-state index in [-0.39, 0.29) is 15.5 Å². The first-order valence-corrected chi connectivity index (χ1v) is 10.00. The molecule has 3 aromatic rings. The van der Waals surface area contributed by atoms with Crippen LogP contribution in [-0.4, -0.2) is 21.4 Å². The van der Waals surface area contributed by atoms with Gasteiger partial charge in [0.2, 0.25) is 0 Å². The number of nitrogens with zero attached hydrogens (tertiary/aromatic N) is 1. The SMILES string of the molecule is CN(c1ccc(F)cc1)S(=O)(=O)c1ccsc1C(=O)Nc1ccc(F)cc1. The van der Waals surface area contributed by atoms with Gasteiger partial charge in [-0.25, -0.2) is 17.2 Å². The lowest BCUT2D eigenvalue weighted by atomic mass is 10.3. The monoisotopic (exact) mass is 408 g/mol. The summed E-state index contributed by atoms with van der Waals surface area (Å²) in [5.74, 6) is -1.56. The second-order valence-corrected chi connectivity index (χ2v) is 8.38. The molecule has 0 aliphatic rings. The van der Waals surface area contributed by atoms with Crippen molar-refractivity contribution in [3.63, 3.8) is 0 Å². The van der Waals surface area contributed by atoms with Crippen LogP contribution >= 0.6 is 11.3 Å². The Balaban J connectivity index is 1.89. The van der Waals surface area contributed by atoms with Crippen LogP contribution in [-0.2, 0) is 10.0 Å². The molecule has 27 heavy (non-hydrogen) atoms. The van der Waals surface area contributed by atoms with Gasteiger partial charge in [0, 0.05) is 12.7 Å². The molecule has 0 radical (unpaired) electrons. The number of anilines is 2. The molecule has 1 aromatic heterocycles. The zero-order valence-corrected chi connectivity index (χ0v) is 15.7. The van der Waals surface area contributed by atoms with Gasteiger partial charge in [0.05, 0.1) is 5.69 Å². The van der Waals surface area contributed by atoms with Gasteiger partial charge in [-0.05, 0) is 60.0 Å². The number of sulfonamides is 1. The molecule has 0 saturated carbocycles. The minimum atomic E-state index is -4.04. The van der Waals surface area contributed by atoms with Crippen molar-refractivity contribution in [2.24, 2.45) is 0 Å². The summed E-state index contributed by atoms with van der Waals surface area (Å²) in [6.07, 6.45) is 0. The molecule has 1 heterocycles. The summed E-state index contributed by atoms with van der Waals surface area (Å²) in [4.78, 5) is 12.3.